The van der Waals surface area contributed by atoms with Gasteiger partial charge in [-0.2, -0.15) is 13.2 Å². The number of piperazine rings is 1. The molecular weight excluding hydrogens is 349 g/mol. The molecule has 1 atom stereocenters. The number of halogens is 3. The number of nitrogens with zero attached hydrogens (tertiary/aromatic N) is 2. The summed E-state index contributed by atoms with van der Waals surface area (Å²) in [6, 6.07) is 4.20. The predicted octanol–water partition coefficient (Wildman–Crippen LogP) is 2.06. The molecule has 6 nitrogen and oxygen atoms in total. The van der Waals surface area contributed by atoms with Crippen LogP contribution in [0.15, 0.2) is 24.3 Å². The number of rotatable bonds is 4. The maximum Gasteiger partial charge on any atom is 0.416 e. The third kappa shape index (κ3) is 5.10. The van der Waals surface area contributed by atoms with Gasteiger partial charge in [0.2, 0.25) is 5.91 Å². The highest BCUT2D eigenvalue weighted by Crippen LogP contribution is 2.31. The molecule has 1 unspecified atom stereocenters. The number of alkyl halides is 3. The van der Waals surface area contributed by atoms with E-state index in [1.165, 1.54) is 6.07 Å². The number of carbonyl (C=O) groups is 2. The van der Waals surface area contributed by atoms with E-state index in [-0.39, 0.29) is 0 Å². The molecule has 0 radical (unpaired) electrons. The van der Waals surface area contributed by atoms with Gasteiger partial charge in [0.25, 0.3) is 0 Å². The molecule has 144 valence electrons. The van der Waals surface area contributed by atoms with Gasteiger partial charge in [-0.05, 0) is 32.0 Å². The summed E-state index contributed by atoms with van der Waals surface area (Å²) < 4.78 is 38.5. The van der Waals surface area contributed by atoms with Gasteiger partial charge in [0.15, 0.2) is 0 Å². The van der Waals surface area contributed by atoms with Crippen molar-refractivity contribution >= 4 is 17.6 Å². The number of anilines is 1. The van der Waals surface area contributed by atoms with Crippen molar-refractivity contribution in [2.45, 2.75) is 26.1 Å². The molecule has 3 amide bonds. The molecule has 0 saturated carbocycles. The molecule has 0 aliphatic carbocycles. The Bertz CT molecular complexity index is 643. The van der Waals surface area contributed by atoms with Gasteiger partial charge in [0.05, 0.1) is 11.6 Å². The van der Waals surface area contributed by atoms with Gasteiger partial charge in [0.1, 0.15) is 0 Å². The van der Waals surface area contributed by atoms with Crippen LogP contribution in [-0.4, -0.2) is 55.6 Å². The molecule has 2 rings (SSSR count). The Morgan fingerprint density at radius 1 is 1.19 bits per heavy atom. The monoisotopic (exact) mass is 372 g/mol. The Hall–Kier alpha value is -2.29. The summed E-state index contributed by atoms with van der Waals surface area (Å²) in [5.74, 6) is -0.400. The molecule has 1 saturated heterocycles. The molecule has 1 aromatic rings. The Morgan fingerprint density at radius 3 is 2.42 bits per heavy atom. The van der Waals surface area contributed by atoms with Gasteiger partial charge in [-0.1, -0.05) is 6.07 Å². The molecule has 2 N–H and O–H groups in total. The fourth-order valence-corrected chi connectivity index (χ4v) is 2.83. The SMILES string of the molecule is CCNC(=O)NC(=O)C(C)N1CCN(c2cccc(C(F)(F)F)c2)CC1. The second kappa shape index (κ2) is 8.39. The number of hydrogen-bond acceptors (Lipinski definition) is 4. The van der Waals surface area contributed by atoms with E-state index in [4.69, 9.17) is 0 Å². The van der Waals surface area contributed by atoms with Crippen molar-refractivity contribution in [3.8, 4) is 0 Å². The zero-order chi connectivity index (χ0) is 19.3. The number of urea groups is 1. The van der Waals surface area contributed by atoms with Crippen LogP contribution in [0, 0.1) is 0 Å². The predicted molar refractivity (Wildman–Crippen MR) is 91.9 cm³/mol. The van der Waals surface area contributed by atoms with Gasteiger partial charge in [-0.3, -0.25) is 15.0 Å². The van der Waals surface area contributed by atoms with Crippen molar-refractivity contribution in [2.24, 2.45) is 0 Å². The lowest BCUT2D eigenvalue weighted by Gasteiger charge is -2.38. The molecule has 26 heavy (non-hydrogen) atoms. The smallest absolute Gasteiger partial charge is 0.369 e. The maximum atomic E-state index is 12.8. The lowest BCUT2D eigenvalue weighted by atomic mass is 10.1. The fraction of sp³-hybridized carbons (Fsp3) is 0.529. The molecule has 0 aromatic heterocycles. The van der Waals surface area contributed by atoms with Gasteiger partial charge in [-0.15, -0.1) is 0 Å². The van der Waals surface area contributed by atoms with E-state index in [1.807, 2.05) is 9.80 Å². The average Bonchev–Trinajstić information content (AvgIpc) is 2.61. The minimum Gasteiger partial charge on any atom is -0.369 e. The number of benzene rings is 1. The lowest BCUT2D eigenvalue weighted by molar-refractivity contribution is -0.137. The fourth-order valence-electron chi connectivity index (χ4n) is 2.83. The normalized spacial score (nSPS) is 16.9. The second-order valence-electron chi connectivity index (χ2n) is 6.10. The first-order valence-electron chi connectivity index (χ1n) is 8.47. The van der Waals surface area contributed by atoms with Crippen LogP contribution < -0.4 is 15.5 Å². The van der Waals surface area contributed by atoms with E-state index >= 15 is 0 Å². The van der Waals surface area contributed by atoms with E-state index in [9.17, 15) is 22.8 Å². The maximum absolute atomic E-state index is 12.8. The van der Waals surface area contributed by atoms with Crippen LogP contribution in [0.5, 0.6) is 0 Å². The molecular formula is C17H23F3N4O2. The summed E-state index contributed by atoms with van der Waals surface area (Å²) in [6.07, 6.45) is -4.37. The standard InChI is InChI=1S/C17H23F3N4O2/c1-3-21-16(26)22-15(25)12(2)23-7-9-24(10-8-23)14-6-4-5-13(11-14)17(18,19)20/h4-6,11-12H,3,7-10H2,1-2H3,(H2,21,22,25,26). The number of carbonyl (C=O) groups excluding carboxylic acids is 2. The van der Waals surface area contributed by atoms with Gasteiger partial charge >= 0.3 is 12.2 Å². The summed E-state index contributed by atoms with van der Waals surface area (Å²) in [7, 11) is 0. The summed E-state index contributed by atoms with van der Waals surface area (Å²) >= 11 is 0. The van der Waals surface area contributed by atoms with Crippen LogP contribution >= 0.6 is 0 Å². The van der Waals surface area contributed by atoms with Gasteiger partial charge < -0.3 is 10.2 Å². The molecule has 0 spiro atoms. The van der Waals surface area contributed by atoms with Crippen molar-refractivity contribution in [1.29, 1.82) is 0 Å². The molecule has 1 fully saturated rings. The van der Waals surface area contributed by atoms with Crippen LogP contribution in [0.3, 0.4) is 0 Å². The summed E-state index contributed by atoms with van der Waals surface area (Å²) in [5, 5.41) is 4.77. The van der Waals surface area contributed by atoms with Crippen molar-refractivity contribution in [2.75, 3.05) is 37.6 Å². The Morgan fingerprint density at radius 2 is 1.85 bits per heavy atom. The summed E-state index contributed by atoms with van der Waals surface area (Å²) in [5.41, 5.74) is -0.161. The van der Waals surface area contributed by atoms with Crippen LogP contribution in [0.25, 0.3) is 0 Å². The Labute approximate surface area is 150 Å². The number of amides is 3. The van der Waals surface area contributed by atoms with Crippen molar-refractivity contribution < 1.29 is 22.8 Å². The van der Waals surface area contributed by atoms with E-state index in [2.05, 4.69) is 10.6 Å². The van der Waals surface area contributed by atoms with Crippen molar-refractivity contribution in [3.05, 3.63) is 29.8 Å². The van der Waals surface area contributed by atoms with Crippen LogP contribution in [-0.2, 0) is 11.0 Å². The number of hydrogen-bond donors (Lipinski definition) is 2. The summed E-state index contributed by atoms with van der Waals surface area (Å²) in [6.45, 7) is 5.90. The van der Waals surface area contributed by atoms with Crippen molar-refractivity contribution in [1.82, 2.24) is 15.5 Å². The minimum atomic E-state index is -4.37. The second-order valence-corrected chi connectivity index (χ2v) is 6.10. The molecule has 1 heterocycles. The number of nitrogens with one attached hydrogen (secondary N) is 2. The topological polar surface area (TPSA) is 64.7 Å². The Kier molecular flexibility index (Phi) is 6.47. The highest BCUT2D eigenvalue weighted by atomic mass is 19.4. The third-order valence-electron chi connectivity index (χ3n) is 4.35. The molecule has 1 aliphatic rings. The lowest BCUT2D eigenvalue weighted by Crippen LogP contribution is -2.55. The molecule has 0 bridgehead atoms. The van der Waals surface area contributed by atoms with E-state index in [1.54, 1.807) is 19.9 Å². The minimum absolute atomic E-state index is 0.400. The summed E-state index contributed by atoms with van der Waals surface area (Å²) in [4.78, 5) is 27.3. The highest BCUT2D eigenvalue weighted by Gasteiger charge is 2.31. The first kappa shape index (κ1) is 20.0. The first-order valence-corrected chi connectivity index (χ1v) is 8.47. The molecule has 9 heteroatoms. The average molecular weight is 372 g/mol. The van der Waals surface area contributed by atoms with E-state index in [0.29, 0.717) is 38.4 Å². The van der Waals surface area contributed by atoms with E-state index < -0.39 is 29.7 Å². The largest absolute Gasteiger partial charge is 0.416 e. The third-order valence-corrected chi connectivity index (χ3v) is 4.35. The zero-order valence-electron chi connectivity index (χ0n) is 14.8. The zero-order valence-corrected chi connectivity index (χ0v) is 14.8. The van der Waals surface area contributed by atoms with Gasteiger partial charge in [-0.25, -0.2) is 4.79 Å². The Balaban J connectivity index is 1.92. The van der Waals surface area contributed by atoms with E-state index in [0.717, 1.165) is 12.1 Å². The number of imide groups is 1. The van der Waals surface area contributed by atoms with Gasteiger partial charge in [0, 0.05) is 38.4 Å². The highest BCUT2D eigenvalue weighted by molar-refractivity contribution is 5.96. The van der Waals surface area contributed by atoms with Crippen LogP contribution in [0.2, 0.25) is 0 Å². The quantitative estimate of drug-likeness (QED) is 0.849. The van der Waals surface area contributed by atoms with Crippen LogP contribution in [0.4, 0.5) is 23.7 Å². The van der Waals surface area contributed by atoms with Crippen LogP contribution in [0.1, 0.15) is 19.4 Å². The first-order chi connectivity index (χ1) is 12.2. The molecule has 1 aliphatic heterocycles. The molecule has 1 aromatic carbocycles. The van der Waals surface area contributed by atoms with Crippen molar-refractivity contribution in [3.63, 3.8) is 0 Å².